The number of para-hydroxylation sites is 2. The first-order chi connectivity index (χ1) is 9.84. The van der Waals surface area contributed by atoms with Crippen LogP contribution in [0.3, 0.4) is 0 Å². The fourth-order valence-electron chi connectivity index (χ4n) is 2.23. The number of aromatic nitrogens is 5. The summed E-state index contributed by atoms with van der Waals surface area (Å²) in [7, 11) is 0. The molecule has 96 valence electrons. The molecule has 0 aliphatic rings. The van der Waals surface area contributed by atoms with Gasteiger partial charge in [-0.25, -0.2) is 9.97 Å². The molecule has 0 amide bonds. The van der Waals surface area contributed by atoms with E-state index in [2.05, 4.69) is 36.2 Å². The minimum atomic E-state index is 0.727. The SMILES string of the molecule is Brc1cccc2c(-n3nnc4ccccc43)ncnc12. The van der Waals surface area contributed by atoms with Crippen LogP contribution in [0, 0.1) is 0 Å². The zero-order chi connectivity index (χ0) is 13.5. The van der Waals surface area contributed by atoms with E-state index in [0.717, 1.165) is 32.2 Å². The first kappa shape index (κ1) is 11.5. The van der Waals surface area contributed by atoms with E-state index < -0.39 is 0 Å². The van der Waals surface area contributed by atoms with Gasteiger partial charge in [-0.05, 0) is 40.2 Å². The fourth-order valence-corrected chi connectivity index (χ4v) is 2.70. The highest BCUT2D eigenvalue weighted by Gasteiger charge is 2.12. The van der Waals surface area contributed by atoms with Crippen molar-refractivity contribution in [3.8, 4) is 5.82 Å². The quantitative estimate of drug-likeness (QED) is 0.539. The number of hydrogen-bond donors (Lipinski definition) is 0. The van der Waals surface area contributed by atoms with Crippen molar-refractivity contribution in [2.45, 2.75) is 0 Å². The highest BCUT2D eigenvalue weighted by Crippen LogP contribution is 2.26. The second-order valence-corrected chi connectivity index (χ2v) is 5.18. The van der Waals surface area contributed by atoms with E-state index in [4.69, 9.17) is 0 Å². The molecule has 6 heteroatoms. The lowest BCUT2D eigenvalue weighted by molar-refractivity contribution is 0.805. The Morgan fingerprint density at radius 2 is 1.85 bits per heavy atom. The van der Waals surface area contributed by atoms with Gasteiger partial charge in [0, 0.05) is 9.86 Å². The summed E-state index contributed by atoms with van der Waals surface area (Å²) in [6.45, 7) is 0. The Hall–Kier alpha value is -2.34. The molecule has 2 aromatic heterocycles. The van der Waals surface area contributed by atoms with Crippen molar-refractivity contribution >= 4 is 37.9 Å². The molecule has 2 heterocycles. The summed E-state index contributed by atoms with van der Waals surface area (Å²) in [5, 5.41) is 9.30. The lowest BCUT2D eigenvalue weighted by Gasteiger charge is -2.06. The number of rotatable bonds is 1. The topological polar surface area (TPSA) is 56.5 Å². The number of benzene rings is 2. The van der Waals surface area contributed by atoms with Crippen LogP contribution in [0.2, 0.25) is 0 Å². The van der Waals surface area contributed by atoms with Crippen molar-refractivity contribution < 1.29 is 0 Å². The Kier molecular flexibility index (Phi) is 2.50. The van der Waals surface area contributed by atoms with Crippen molar-refractivity contribution in [2.24, 2.45) is 0 Å². The van der Waals surface area contributed by atoms with Gasteiger partial charge in [-0.2, -0.15) is 4.68 Å². The maximum atomic E-state index is 4.37. The summed E-state index contributed by atoms with van der Waals surface area (Å²) in [6, 6.07) is 13.7. The highest BCUT2D eigenvalue weighted by atomic mass is 79.9. The average molecular weight is 326 g/mol. The summed E-state index contributed by atoms with van der Waals surface area (Å²) in [6.07, 6.45) is 1.54. The van der Waals surface area contributed by atoms with Gasteiger partial charge in [0.25, 0.3) is 0 Å². The molecule has 0 unspecified atom stereocenters. The minimum Gasteiger partial charge on any atom is -0.235 e. The minimum absolute atomic E-state index is 0.727. The van der Waals surface area contributed by atoms with Gasteiger partial charge in [0.2, 0.25) is 0 Å². The Morgan fingerprint density at radius 1 is 0.950 bits per heavy atom. The van der Waals surface area contributed by atoms with Crippen molar-refractivity contribution in [1.82, 2.24) is 25.0 Å². The zero-order valence-electron chi connectivity index (χ0n) is 10.2. The third-order valence-corrected chi connectivity index (χ3v) is 3.79. The van der Waals surface area contributed by atoms with E-state index >= 15 is 0 Å². The van der Waals surface area contributed by atoms with Crippen molar-refractivity contribution in [3.05, 3.63) is 53.3 Å². The number of nitrogens with zero attached hydrogens (tertiary/aromatic N) is 5. The molecular weight excluding hydrogens is 318 g/mol. The summed E-state index contributed by atoms with van der Waals surface area (Å²) in [4.78, 5) is 8.68. The van der Waals surface area contributed by atoms with E-state index in [1.165, 1.54) is 0 Å². The van der Waals surface area contributed by atoms with Crippen LogP contribution in [0.1, 0.15) is 0 Å². The number of fused-ring (bicyclic) bond motifs is 2. The normalized spacial score (nSPS) is 11.2. The van der Waals surface area contributed by atoms with E-state index in [0.29, 0.717) is 0 Å². The summed E-state index contributed by atoms with van der Waals surface area (Å²) in [5.41, 5.74) is 2.62. The second kappa shape index (κ2) is 4.35. The van der Waals surface area contributed by atoms with Gasteiger partial charge in [-0.15, -0.1) is 5.10 Å². The molecule has 0 saturated heterocycles. The van der Waals surface area contributed by atoms with Gasteiger partial charge in [0.1, 0.15) is 11.8 Å². The summed E-state index contributed by atoms with van der Waals surface area (Å²) in [5.74, 6) is 0.727. The molecule has 2 aromatic carbocycles. The van der Waals surface area contributed by atoms with Crippen LogP contribution < -0.4 is 0 Å². The fraction of sp³-hybridized carbons (Fsp3) is 0. The number of halogens is 1. The van der Waals surface area contributed by atoms with E-state index in [-0.39, 0.29) is 0 Å². The first-order valence-electron chi connectivity index (χ1n) is 6.04. The van der Waals surface area contributed by atoms with Crippen LogP contribution in [0.4, 0.5) is 0 Å². The van der Waals surface area contributed by atoms with Crippen molar-refractivity contribution in [2.75, 3.05) is 0 Å². The predicted octanol–water partition coefficient (Wildman–Crippen LogP) is 3.13. The Morgan fingerprint density at radius 3 is 2.80 bits per heavy atom. The molecule has 5 nitrogen and oxygen atoms in total. The number of hydrogen-bond acceptors (Lipinski definition) is 4. The standard InChI is InChI=1S/C14H8BrN5/c15-10-5-3-4-9-13(10)16-8-17-14(9)20-12-7-2-1-6-11(12)18-19-20/h1-8H. The Labute approximate surface area is 122 Å². The van der Waals surface area contributed by atoms with Gasteiger partial charge in [0.15, 0.2) is 5.82 Å². The van der Waals surface area contributed by atoms with Crippen molar-refractivity contribution in [3.63, 3.8) is 0 Å². The molecule has 4 aromatic rings. The molecule has 0 bridgehead atoms. The van der Waals surface area contributed by atoms with Gasteiger partial charge < -0.3 is 0 Å². The van der Waals surface area contributed by atoms with Crippen LogP contribution in [0.25, 0.3) is 27.8 Å². The zero-order valence-corrected chi connectivity index (χ0v) is 11.8. The van der Waals surface area contributed by atoms with Crippen LogP contribution in [-0.2, 0) is 0 Å². The van der Waals surface area contributed by atoms with Gasteiger partial charge in [-0.3, -0.25) is 0 Å². The maximum absolute atomic E-state index is 4.37. The summed E-state index contributed by atoms with van der Waals surface area (Å²) >= 11 is 3.51. The van der Waals surface area contributed by atoms with E-state index in [9.17, 15) is 0 Å². The van der Waals surface area contributed by atoms with Gasteiger partial charge in [-0.1, -0.05) is 23.4 Å². The smallest absolute Gasteiger partial charge is 0.167 e. The monoisotopic (exact) mass is 325 g/mol. The second-order valence-electron chi connectivity index (χ2n) is 4.32. The maximum Gasteiger partial charge on any atom is 0.167 e. The molecule has 20 heavy (non-hydrogen) atoms. The Bertz CT molecular complexity index is 931. The highest BCUT2D eigenvalue weighted by molar-refractivity contribution is 9.10. The van der Waals surface area contributed by atoms with Crippen LogP contribution in [-0.4, -0.2) is 25.0 Å². The molecule has 0 spiro atoms. The molecule has 0 atom stereocenters. The van der Waals surface area contributed by atoms with Gasteiger partial charge in [0.05, 0.1) is 11.0 Å². The largest absolute Gasteiger partial charge is 0.235 e. The van der Waals surface area contributed by atoms with Crippen LogP contribution >= 0.6 is 15.9 Å². The molecule has 0 N–H and O–H groups in total. The average Bonchev–Trinajstić information content (AvgIpc) is 2.91. The van der Waals surface area contributed by atoms with Crippen molar-refractivity contribution in [1.29, 1.82) is 0 Å². The molecule has 0 radical (unpaired) electrons. The van der Waals surface area contributed by atoms with Gasteiger partial charge >= 0.3 is 0 Å². The van der Waals surface area contributed by atoms with E-state index in [1.54, 1.807) is 11.0 Å². The predicted molar refractivity (Wildman–Crippen MR) is 79.7 cm³/mol. The third kappa shape index (κ3) is 1.61. The van der Waals surface area contributed by atoms with Crippen LogP contribution in [0.5, 0.6) is 0 Å². The molecule has 0 aliphatic carbocycles. The molecule has 0 saturated carbocycles. The van der Waals surface area contributed by atoms with E-state index in [1.807, 2.05) is 42.5 Å². The molecular formula is C14H8BrN5. The molecule has 0 fully saturated rings. The third-order valence-electron chi connectivity index (χ3n) is 3.15. The molecule has 0 aliphatic heterocycles. The first-order valence-corrected chi connectivity index (χ1v) is 6.84. The summed E-state index contributed by atoms with van der Waals surface area (Å²) < 4.78 is 2.68. The lowest BCUT2D eigenvalue weighted by Crippen LogP contribution is -2.01. The van der Waals surface area contributed by atoms with Crippen LogP contribution in [0.15, 0.2) is 53.3 Å². The Balaban J connectivity index is 2.10. The molecule has 4 rings (SSSR count). The lowest BCUT2D eigenvalue weighted by atomic mass is 10.2.